The minimum atomic E-state index is -0.366. The van der Waals surface area contributed by atoms with E-state index in [4.69, 9.17) is 4.74 Å². The molecule has 0 aliphatic heterocycles. The summed E-state index contributed by atoms with van der Waals surface area (Å²) in [6.07, 6.45) is 14.8. The third kappa shape index (κ3) is 7.79. The zero-order valence-electron chi connectivity index (χ0n) is 17.4. The van der Waals surface area contributed by atoms with E-state index in [2.05, 4.69) is 16.9 Å². The lowest BCUT2D eigenvalue weighted by Crippen LogP contribution is -2.12. The Morgan fingerprint density at radius 2 is 1.50 bits per heavy atom. The molecule has 0 N–H and O–H groups in total. The fraction of sp³-hybridized carbons (Fsp3) is 0.542. The third-order valence-corrected chi connectivity index (χ3v) is 4.99. The van der Waals surface area contributed by atoms with Crippen LogP contribution in [0.5, 0.6) is 0 Å². The Bertz CT molecular complexity index is 671. The van der Waals surface area contributed by atoms with Gasteiger partial charge in [0.1, 0.15) is 11.9 Å². The highest BCUT2D eigenvalue weighted by atomic mass is 16.5. The molecule has 1 aromatic heterocycles. The Kier molecular flexibility index (Phi) is 10.3. The van der Waals surface area contributed by atoms with Crippen molar-refractivity contribution in [1.82, 2.24) is 9.97 Å². The van der Waals surface area contributed by atoms with E-state index in [0.717, 1.165) is 30.7 Å². The quantitative estimate of drug-likeness (QED) is 0.294. The number of hydrogen-bond donors (Lipinski definition) is 0. The fourth-order valence-corrected chi connectivity index (χ4v) is 3.26. The van der Waals surface area contributed by atoms with E-state index in [-0.39, 0.29) is 12.1 Å². The second-order valence-corrected chi connectivity index (χ2v) is 7.33. The van der Waals surface area contributed by atoms with Gasteiger partial charge in [0.25, 0.3) is 0 Å². The van der Waals surface area contributed by atoms with Crippen LogP contribution in [0.15, 0.2) is 42.7 Å². The summed E-state index contributed by atoms with van der Waals surface area (Å²) in [6.45, 7) is 4.25. The number of unbranched alkanes of at least 4 members (excludes halogenated alkanes) is 7. The summed E-state index contributed by atoms with van der Waals surface area (Å²) < 4.78 is 5.65. The summed E-state index contributed by atoms with van der Waals surface area (Å²) in [5.74, 6) is 0.437. The summed E-state index contributed by atoms with van der Waals surface area (Å²) in [5.41, 5.74) is 1.42. The van der Waals surface area contributed by atoms with E-state index in [1.807, 2.05) is 37.3 Å². The molecule has 0 saturated heterocycles. The van der Waals surface area contributed by atoms with Crippen LogP contribution < -0.4 is 0 Å². The molecule has 0 amide bonds. The number of ether oxygens (including phenoxy) is 1. The average molecular weight is 383 g/mol. The van der Waals surface area contributed by atoms with Gasteiger partial charge in [-0.2, -0.15) is 0 Å². The van der Waals surface area contributed by atoms with Gasteiger partial charge in [0.15, 0.2) is 0 Å². The highest BCUT2D eigenvalue weighted by Crippen LogP contribution is 2.22. The molecule has 0 fully saturated rings. The smallest absolute Gasteiger partial charge is 0.341 e. The van der Waals surface area contributed by atoms with Crippen molar-refractivity contribution in [3.05, 3.63) is 59.7 Å². The predicted octanol–water partition coefficient (Wildman–Crippen LogP) is 6.47. The lowest BCUT2D eigenvalue weighted by molar-refractivity contribution is 0.0287. The van der Waals surface area contributed by atoms with Crippen LogP contribution in [0.1, 0.15) is 99.5 Å². The van der Waals surface area contributed by atoms with Gasteiger partial charge < -0.3 is 4.74 Å². The molecule has 1 heterocycles. The molecule has 4 heteroatoms. The van der Waals surface area contributed by atoms with Gasteiger partial charge in [-0.1, -0.05) is 89.1 Å². The Hall–Kier alpha value is -2.23. The summed E-state index contributed by atoms with van der Waals surface area (Å²) in [7, 11) is 0. The summed E-state index contributed by atoms with van der Waals surface area (Å²) in [5, 5.41) is 0. The number of nitrogens with zero attached hydrogens (tertiary/aromatic N) is 2. The van der Waals surface area contributed by atoms with E-state index < -0.39 is 0 Å². The number of esters is 1. The molecule has 1 aromatic carbocycles. The SMILES string of the molecule is CCCCCCCCCCc1ncc(C(=O)OC(CC)c2ccccc2)cn1. The minimum absolute atomic E-state index is 0.245. The van der Waals surface area contributed by atoms with E-state index in [0.29, 0.717) is 5.56 Å². The Labute approximate surface area is 169 Å². The van der Waals surface area contributed by atoms with Crippen LogP contribution in [-0.4, -0.2) is 15.9 Å². The van der Waals surface area contributed by atoms with Crippen molar-refractivity contribution in [3.8, 4) is 0 Å². The van der Waals surface area contributed by atoms with E-state index in [9.17, 15) is 4.79 Å². The monoisotopic (exact) mass is 382 g/mol. The molecule has 2 aromatic rings. The summed E-state index contributed by atoms with van der Waals surface area (Å²) in [4.78, 5) is 21.1. The molecule has 0 bridgehead atoms. The molecule has 28 heavy (non-hydrogen) atoms. The van der Waals surface area contributed by atoms with E-state index >= 15 is 0 Å². The van der Waals surface area contributed by atoms with Crippen molar-refractivity contribution in [2.24, 2.45) is 0 Å². The van der Waals surface area contributed by atoms with Crippen LogP contribution in [0.2, 0.25) is 0 Å². The first-order chi connectivity index (χ1) is 13.7. The summed E-state index contributed by atoms with van der Waals surface area (Å²) >= 11 is 0. The lowest BCUT2D eigenvalue weighted by atomic mass is 10.1. The van der Waals surface area contributed by atoms with Crippen molar-refractivity contribution in [2.75, 3.05) is 0 Å². The number of carbonyl (C=O) groups excluding carboxylic acids is 1. The van der Waals surface area contributed by atoms with Crippen LogP contribution >= 0.6 is 0 Å². The zero-order valence-corrected chi connectivity index (χ0v) is 17.4. The molecule has 152 valence electrons. The molecule has 4 nitrogen and oxygen atoms in total. The van der Waals surface area contributed by atoms with Crippen LogP contribution in [0.4, 0.5) is 0 Å². The van der Waals surface area contributed by atoms with Gasteiger partial charge in [0, 0.05) is 18.8 Å². The molecule has 0 spiro atoms. The first-order valence-corrected chi connectivity index (χ1v) is 10.8. The second-order valence-electron chi connectivity index (χ2n) is 7.33. The van der Waals surface area contributed by atoms with Crippen LogP contribution in [-0.2, 0) is 11.2 Å². The van der Waals surface area contributed by atoms with E-state index in [1.54, 1.807) is 12.4 Å². The maximum Gasteiger partial charge on any atom is 0.341 e. The lowest BCUT2D eigenvalue weighted by Gasteiger charge is -2.16. The number of aromatic nitrogens is 2. The maximum atomic E-state index is 12.4. The van der Waals surface area contributed by atoms with Crippen molar-refractivity contribution in [1.29, 1.82) is 0 Å². The normalized spacial score (nSPS) is 11.9. The maximum absolute atomic E-state index is 12.4. The van der Waals surface area contributed by atoms with E-state index in [1.165, 1.54) is 44.9 Å². The highest BCUT2D eigenvalue weighted by molar-refractivity contribution is 5.88. The second kappa shape index (κ2) is 13.0. The Balaban J connectivity index is 1.73. The fourth-order valence-electron chi connectivity index (χ4n) is 3.26. The molecule has 1 atom stereocenters. The minimum Gasteiger partial charge on any atom is -0.454 e. The zero-order chi connectivity index (χ0) is 20.0. The standard InChI is InChI=1S/C24H34N2O2/c1-3-5-6-7-8-9-10-14-17-23-25-18-21(19-26-23)24(27)28-22(4-2)20-15-12-11-13-16-20/h11-13,15-16,18-19,22H,3-10,14,17H2,1-2H3. The number of aryl methyl sites for hydroxylation is 1. The predicted molar refractivity (Wildman–Crippen MR) is 113 cm³/mol. The molecule has 0 saturated carbocycles. The number of carbonyl (C=O) groups is 1. The topological polar surface area (TPSA) is 52.1 Å². The van der Waals surface area contributed by atoms with Crippen molar-refractivity contribution < 1.29 is 9.53 Å². The molecule has 0 radical (unpaired) electrons. The number of hydrogen-bond acceptors (Lipinski definition) is 4. The number of rotatable bonds is 13. The van der Waals surface area contributed by atoms with Crippen molar-refractivity contribution in [3.63, 3.8) is 0 Å². The van der Waals surface area contributed by atoms with Gasteiger partial charge in [0.2, 0.25) is 0 Å². The highest BCUT2D eigenvalue weighted by Gasteiger charge is 2.16. The van der Waals surface area contributed by atoms with Gasteiger partial charge in [-0.15, -0.1) is 0 Å². The largest absolute Gasteiger partial charge is 0.454 e. The van der Waals surface area contributed by atoms with Crippen LogP contribution in [0.25, 0.3) is 0 Å². The Morgan fingerprint density at radius 3 is 2.11 bits per heavy atom. The Morgan fingerprint density at radius 1 is 0.893 bits per heavy atom. The first kappa shape index (κ1) is 22.1. The van der Waals surface area contributed by atoms with Gasteiger partial charge >= 0.3 is 5.97 Å². The average Bonchev–Trinajstić information content (AvgIpc) is 2.74. The van der Waals surface area contributed by atoms with Crippen molar-refractivity contribution >= 4 is 5.97 Å². The molecule has 1 unspecified atom stereocenters. The van der Waals surface area contributed by atoms with Crippen molar-refractivity contribution in [2.45, 2.75) is 84.2 Å². The van der Waals surface area contributed by atoms with Gasteiger partial charge in [-0.3, -0.25) is 0 Å². The molecule has 2 rings (SSSR count). The van der Waals surface area contributed by atoms with Gasteiger partial charge in [-0.05, 0) is 18.4 Å². The van der Waals surface area contributed by atoms with Crippen LogP contribution in [0, 0.1) is 0 Å². The van der Waals surface area contributed by atoms with Gasteiger partial charge in [0.05, 0.1) is 5.56 Å². The first-order valence-electron chi connectivity index (χ1n) is 10.8. The van der Waals surface area contributed by atoms with Crippen LogP contribution in [0.3, 0.4) is 0 Å². The number of benzene rings is 1. The molecular formula is C24H34N2O2. The molecular weight excluding hydrogens is 348 g/mol. The summed E-state index contributed by atoms with van der Waals surface area (Å²) in [6, 6.07) is 9.82. The van der Waals surface area contributed by atoms with Gasteiger partial charge in [-0.25, -0.2) is 14.8 Å². The molecule has 0 aliphatic carbocycles. The molecule has 0 aliphatic rings. The third-order valence-electron chi connectivity index (χ3n) is 4.99.